The molecular weight excluding hydrogens is 190 g/mol. The second-order valence-electron chi connectivity index (χ2n) is 5.15. The highest BCUT2D eigenvalue weighted by molar-refractivity contribution is 5.77. The maximum absolute atomic E-state index is 12.0. The van der Waals surface area contributed by atoms with Crippen molar-refractivity contribution >= 4 is 5.97 Å². The van der Waals surface area contributed by atoms with Gasteiger partial charge in [0.1, 0.15) is 6.10 Å². The standard InChI is InChI=1S/C12H21NO2/c1-12(7-8-13-9-12)11(14)15-10-5-3-2-4-6-10/h10,13H,2-9H2,1H3. The molecule has 1 aliphatic heterocycles. The molecule has 0 aromatic carbocycles. The number of rotatable bonds is 2. The number of nitrogens with one attached hydrogen (secondary N) is 1. The van der Waals surface area contributed by atoms with Crippen LogP contribution in [0, 0.1) is 5.41 Å². The van der Waals surface area contributed by atoms with Gasteiger partial charge in [-0.25, -0.2) is 0 Å². The molecule has 2 rings (SSSR count). The average Bonchev–Trinajstić information content (AvgIpc) is 2.68. The van der Waals surface area contributed by atoms with Crippen LogP contribution in [0.2, 0.25) is 0 Å². The molecule has 2 aliphatic rings. The first-order chi connectivity index (χ1) is 7.21. The van der Waals surface area contributed by atoms with Crippen LogP contribution in [-0.2, 0) is 9.53 Å². The lowest BCUT2D eigenvalue weighted by atomic mass is 9.89. The van der Waals surface area contributed by atoms with Crippen molar-refractivity contribution in [3.8, 4) is 0 Å². The molecule has 2 fully saturated rings. The summed E-state index contributed by atoms with van der Waals surface area (Å²) >= 11 is 0. The highest BCUT2D eigenvalue weighted by atomic mass is 16.5. The SMILES string of the molecule is CC1(C(=O)OC2CCCCC2)CCNC1. The van der Waals surface area contributed by atoms with E-state index in [1.165, 1.54) is 19.3 Å². The van der Waals surface area contributed by atoms with Gasteiger partial charge in [0, 0.05) is 6.54 Å². The minimum Gasteiger partial charge on any atom is -0.462 e. The van der Waals surface area contributed by atoms with Gasteiger partial charge in [0.05, 0.1) is 5.41 Å². The van der Waals surface area contributed by atoms with Crippen LogP contribution >= 0.6 is 0 Å². The fourth-order valence-electron chi connectivity index (χ4n) is 2.47. The normalized spacial score (nSPS) is 32.9. The minimum atomic E-state index is -0.266. The molecule has 3 nitrogen and oxygen atoms in total. The van der Waals surface area contributed by atoms with Gasteiger partial charge in [-0.15, -0.1) is 0 Å². The van der Waals surface area contributed by atoms with Crippen LogP contribution in [0.3, 0.4) is 0 Å². The smallest absolute Gasteiger partial charge is 0.313 e. The van der Waals surface area contributed by atoms with E-state index in [1.54, 1.807) is 0 Å². The molecule has 1 atom stereocenters. The quantitative estimate of drug-likeness (QED) is 0.709. The summed E-state index contributed by atoms with van der Waals surface area (Å²) in [6, 6.07) is 0. The zero-order chi connectivity index (χ0) is 10.7. The fourth-order valence-corrected chi connectivity index (χ4v) is 2.47. The molecule has 1 unspecified atom stereocenters. The fraction of sp³-hybridized carbons (Fsp3) is 0.917. The van der Waals surface area contributed by atoms with Crippen molar-refractivity contribution in [3.63, 3.8) is 0 Å². The predicted octanol–water partition coefficient (Wildman–Crippen LogP) is 1.86. The lowest BCUT2D eigenvalue weighted by Gasteiger charge is -2.27. The first-order valence-corrected chi connectivity index (χ1v) is 6.12. The molecule has 0 aromatic heterocycles. The summed E-state index contributed by atoms with van der Waals surface area (Å²) in [6.07, 6.45) is 6.97. The van der Waals surface area contributed by atoms with E-state index in [2.05, 4.69) is 5.32 Å². The van der Waals surface area contributed by atoms with Crippen molar-refractivity contribution in [1.82, 2.24) is 5.32 Å². The molecule has 0 amide bonds. The van der Waals surface area contributed by atoms with Crippen LogP contribution in [0.5, 0.6) is 0 Å². The third-order valence-corrected chi connectivity index (χ3v) is 3.69. The Labute approximate surface area is 91.6 Å². The van der Waals surface area contributed by atoms with E-state index in [4.69, 9.17) is 4.74 Å². The van der Waals surface area contributed by atoms with E-state index in [0.717, 1.165) is 32.4 Å². The number of ether oxygens (including phenoxy) is 1. The Balaban J connectivity index is 1.85. The Kier molecular flexibility index (Phi) is 3.29. The third kappa shape index (κ3) is 2.51. The number of hydrogen-bond acceptors (Lipinski definition) is 3. The largest absolute Gasteiger partial charge is 0.462 e. The molecule has 86 valence electrons. The second kappa shape index (κ2) is 4.52. The number of carbonyl (C=O) groups is 1. The summed E-state index contributed by atoms with van der Waals surface area (Å²) in [5.74, 6) is 0.0133. The van der Waals surface area contributed by atoms with Crippen molar-refractivity contribution in [2.45, 2.75) is 51.6 Å². The second-order valence-corrected chi connectivity index (χ2v) is 5.15. The Morgan fingerprint density at radius 3 is 2.67 bits per heavy atom. The van der Waals surface area contributed by atoms with E-state index >= 15 is 0 Å². The number of hydrogen-bond donors (Lipinski definition) is 1. The van der Waals surface area contributed by atoms with Gasteiger partial charge in [-0.05, 0) is 45.6 Å². The maximum Gasteiger partial charge on any atom is 0.313 e. The third-order valence-electron chi connectivity index (χ3n) is 3.69. The molecule has 3 heteroatoms. The van der Waals surface area contributed by atoms with Gasteiger partial charge < -0.3 is 10.1 Å². The summed E-state index contributed by atoms with van der Waals surface area (Å²) in [4.78, 5) is 12.0. The summed E-state index contributed by atoms with van der Waals surface area (Å²) in [6.45, 7) is 3.73. The molecule has 0 bridgehead atoms. The highest BCUT2D eigenvalue weighted by Crippen LogP contribution is 2.29. The van der Waals surface area contributed by atoms with Gasteiger partial charge in [0.15, 0.2) is 0 Å². The molecule has 1 saturated heterocycles. The van der Waals surface area contributed by atoms with E-state index in [0.29, 0.717) is 0 Å². The zero-order valence-electron chi connectivity index (χ0n) is 9.55. The molecule has 1 saturated carbocycles. The van der Waals surface area contributed by atoms with Crippen LogP contribution in [0.1, 0.15) is 45.4 Å². The topological polar surface area (TPSA) is 38.3 Å². The lowest BCUT2D eigenvalue weighted by molar-refractivity contribution is -0.160. The highest BCUT2D eigenvalue weighted by Gasteiger charge is 2.39. The molecule has 1 heterocycles. The molecule has 0 spiro atoms. The summed E-state index contributed by atoms with van der Waals surface area (Å²) in [7, 11) is 0. The van der Waals surface area contributed by atoms with Gasteiger partial charge in [-0.1, -0.05) is 6.42 Å². The van der Waals surface area contributed by atoms with Crippen LogP contribution in [0.25, 0.3) is 0 Å². The van der Waals surface area contributed by atoms with E-state index < -0.39 is 0 Å². The number of esters is 1. The lowest BCUT2D eigenvalue weighted by Crippen LogP contribution is -2.35. The Bertz CT molecular complexity index is 228. The summed E-state index contributed by atoms with van der Waals surface area (Å²) in [5.41, 5.74) is -0.266. The van der Waals surface area contributed by atoms with Crippen LogP contribution < -0.4 is 5.32 Å². The number of carbonyl (C=O) groups excluding carboxylic acids is 1. The van der Waals surface area contributed by atoms with Crippen LogP contribution in [-0.4, -0.2) is 25.2 Å². The van der Waals surface area contributed by atoms with Crippen LogP contribution in [0.15, 0.2) is 0 Å². The molecule has 1 N–H and O–H groups in total. The maximum atomic E-state index is 12.0. The minimum absolute atomic E-state index is 0.0133. The van der Waals surface area contributed by atoms with E-state index in [9.17, 15) is 4.79 Å². The van der Waals surface area contributed by atoms with Gasteiger partial charge in [0.25, 0.3) is 0 Å². The Hall–Kier alpha value is -0.570. The Morgan fingerprint density at radius 2 is 2.07 bits per heavy atom. The van der Waals surface area contributed by atoms with E-state index in [-0.39, 0.29) is 17.5 Å². The summed E-state index contributed by atoms with van der Waals surface area (Å²) in [5, 5.41) is 3.23. The molecule has 15 heavy (non-hydrogen) atoms. The van der Waals surface area contributed by atoms with Crippen LogP contribution in [0.4, 0.5) is 0 Å². The Morgan fingerprint density at radius 1 is 1.33 bits per heavy atom. The molecule has 0 aromatic rings. The zero-order valence-corrected chi connectivity index (χ0v) is 9.55. The predicted molar refractivity (Wildman–Crippen MR) is 58.6 cm³/mol. The average molecular weight is 211 g/mol. The van der Waals surface area contributed by atoms with Crippen molar-refractivity contribution in [1.29, 1.82) is 0 Å². The molecular formula is C12H21NO2. The molecule has 0 radical (unpaired) electrons. The van der Waals surface area contributed by atoms with Crippen molar-refractivity contribution in [2.24, 2.45) is 5.41 Å². The van der Waals surface area contributed by atoms with Gasteiger partial charge in [-0.3, -0.25) is 4.79 Å². The van der Waals surface area contributed by atoms with Gasteiger partial charge >= 0.3 is 5.97 Å². The summed E-state index contributed by atoms with van der Waals surface area (Å²) < 4.78 is 5.60. The monoisotopic (exact) mass is 211 g/mol. The van der Waals surface area contributed by atoms with Crippen molar-refractivity contribution < 1.29 is 9.53 Å². The van der Waals surface area contributed by atoms with Gasteiger partial charge in [0.2, 0.25) is 0 Å². The van der Waals surface area contributed by atoms with E-state index in [1.807, 2.05) is 6.92 Å². The first kappa shape index (κ1) is 10.9. The van der Waals surface area contributed by atoms with Crippen molar-refractivity contribution in [3.05, 3.63) is 0 Å². The van der Waals surface area contributed by atoms with Crippen molar-refractivity contribution in [2.75, 3.05) is 13.1 Å². The first-order valence-electron chi connectivity index (χ1n) is 6.12. The van der Waals surface area contributed by atoms with Gasteiger partial charge in [-0.2, -0.15) is 0 Å². The molecule has 1 aliphatic carbocycles.